The lowest BCUT2D eigenvalue weighted by Crippen LogP contribution is -2.41. The van der Waals surface area contributed by atoms with E-state index in [2.05, 4.69) is 29.4 Å². The molecule has 1 amide bonds. The summed E-state index contributed by atoms with van der Waals surface area (Å²) in [5, 5.41) is 4.06. The Hall–Kier alpha value is -2.59. The highest BCUT2D eigenvalue weighted by Crippen LogP contribution is 2.18. The third kappa shape index (κ3) is 3.66. The predicted molar refractivity (Wildman–Crippen MR) is 97.6 cm³/mol. The van der Waals surface area contributed by atoms with Crippen LogP contribution in [0.25, 0.3) is 10.9 Å². The van der Waals surface area contributed by atoms with Gasteiger partial charge in [-0.1, -0.05) is 49.4 Å². The number of carbonyl (C=O) groups is 1. The minimum absolute atomic E-state index is 0.123. The number of benzene rings is 2. The highest BCUT2D eigenvalue weighted by Gasteiger charge is 2.15. The molecule has 0 spiro atoms. The first kappa shape index (κ1) is 16.3. The molecular weight excluding hydrogens is 298 g/mol. The van der Waals surface area contributed by atoms with Crippen LogP contribution in [0.1, 0.15) is 23.6 Å². The Kier molecular flexibility index (Phi) is 4.96. The summed E-state index contributed by atoms with van der Waals surface area (Å²) >= 11 is 0. The van der Waals surface area contributed by atoms with Crippen molar-refractivity contribution in [1.82, 2.24) is 10.3 Å². The van der Waals surface area contributed by atoms with Crippen molar-refractivity contribution in [2.45, 2.75) is 32.4 Å². The third-order valence-electron chi connectivity index (χ3n) is 4.32. The van der Waals surface area contributed by atoms with E-state index in [1.165, 1.54) is 5.56 Å². The highest BCUT2D eigenvalue weighted by molar-refractivity contribution is 5.86. The molecule has 0 aliphatic rings. The van der Waals surface area contributed by atoms with Crippen molar-refractivity contribution in [2.24, 2.45) is 5.73 Å². The number of amides is 1. The Morgan fingerprint density at radius 3 is 2.79 bits per heavy atom. The number of aromatic nitrogens is 1. The van der Waals surface area contributed by atoms with Gasteiger partial charge in [-0.15, -0.1) is 0 Å². The number of aromatic amines is 1. The van der Waals surface area contributed by atoms with E-state index in [4.69, 9.17) is 5.73 Å². The largest absolute Gasteiger partial charge is 0.361 e. The van der Waals surface area contributed by atoms with Crippen LogP contribution in [0.4, 0.5) is 0 Å². The summed E-state index contributed by atoms with van der Waals surface area (Å²) in [4.78, 5) is 15.5. The molecular formula is C20H23N3O. The monoisotopic (exact) mass is 321 g/mol. The van der Waals surface area contributed by atoms with E-state index in [1.807, 2.05) is 42.6 Å². The van der Waals surface area contributed by atoms with E-state index in [0.29, 0.717) is 13.0 Å². The van der Waals surface area contributed by atoms with Gasteiger partial charge in [0.15, 0.2) is 0 Å². The molecule has 0 aliphatic heterocycles. The summed E-state index contributed by atoms with van der Waals surface area (Å²) < 4.78 is 0. The third-order valence-corrected chi connectivity index (χ3v) is 4.32. The van der Waals surface area contributed by atoms with Crippen LogP contribution in [0.3, 0.4) is 0 Å². The van der Waals surface area contributed by atoms with Crippen molar-refractivity contribution in [3.63, 3.8) is 0 Å². The van der Waals surface area contributed by atoms with Gasteiger partial charge in [0.1, 0.15) is 0 Å². The van der Waals surface area contributed by atoms with Gasteiger partial charge in [-0.3, -0.25) is 4.79 Å². The van der Waals surface area contributed by atoms with Crippen molar-refractivity contribution in [3.05, 3.63) is 71.4 Å². The first-order valence-corrected chi connectivity index (χ1v) is 8.33. The Labute approximate surface area is 142 Å². The van der Waals surface area contributed by atoms with Crippen LogP contribution in [0.2, 0.25) is 0 Å². The zero-order valence-electron chi connectivity index (χ0n) is 13.9. The molecule has 0 radical (unpaired) electrons. The van der Waals surface area contributed by atoms with Gasteiger partial charge < -0.3 is 16.0 Å². The molecule has 4 nitrogen and oxygen atoms in total. The van der Waals surface area contributed by atoms with E-state index < -0.39 is 6.04 Å². The summed E-state index contributed by atoms with van der Waals surface area (Å²) in [5.74, 6) is -0.123. The Balaban J connectivity index is 1.60. The molecule has 0 fully saturated rings. The van der Waals surface area contributed by atoms with Gasteiger partial charge in [0.05, 0.1) is 6.04 Å². The number of carbonyl (C=O) groups excluding carboxylic acids is 1. The number of fused-ring (bicyclic) bond motifs is 1. The molecule has 1 atom stereocenters. The molecule has 3 rings (SSSR count). The predicted octanol–water partition coefficient (Wildman–Crippen LogP) is 2.92. The maximum absolute atomic E-state index is 12.3. The van der Waals surface area contributed by atoms with Gasteiger partial charge in [0.2, 0.25) is 5.91 Å². The van der Waals surface area contributed by atoms with Crippen molar-refractivity contribution in [1.29, 1.82) is 0 Å². The highest BCUT2D eigenvalue weighted by atomic mass is 16.2. The number of para-hydroxylation sites is 1. The van der Waals surface area contributed by atoms with Gasteiger partial charge in [-0.25, -0.2) is 0 Å². The Bertz CT molecular complexity index is 838. The van der Waals surface area contributed by atoms with Crippen molar-refractivity contribution < 1.29 is 4.79 Å². The van der Waals surface area contributed by atoms with Crippen LogP contribution in [0.5, 0.6) is 0 Å². The second-order valence-corrected chi connectivity index (χ2v) is 6.06. The zero-order valence-corrected chi connectivity index (χ0v) is 13.9. The van der Waals surface area contributed by atoms with Crippen LogP contribution >= 0.6 is 0 Å². The minimum atomic E-state index is -0.557. The summed E-state index contributed by atoms with van der Waals surface area (Å²) in [7, 11) is 0. The molecule has 1 heterocycles. The normalized spacial score (nSPS) is 12.2. The van der Waals surface area contributed by atoms with Crippen LogP contribution in [-0.4, -0.2) is 16.9 Å². The average Bonchev–Trinajstić information content (AvgIpc) is 3.03. The molecule has 4 N–H and O–H groups in total. The molecule has 124 valence electrons. The van der Waals surface area contributed by atoms with Gasteiger partial charge in [-0.2, -0.15) is 0 Å². The summed E-state index contributed by atoms with van der Waals surface area (Å²) in [6, 6.07) is 15.7. The fraction of sp³-hybridized carbons (Fsp3) is 0.250. The van der Waals surface area contributed by atoms with E-state index in [-0.39, 0.29) is 5.91 Å². The van der Waals surface area contributed by atoms with E-state index in [0.717, 1.165) is 28.5 Å². The molecule has 24 heavy (non-hydrogen) atoms. The second kappa shape index (κ2) is 7.32. The number of rotatable bonds is 6. The summed E-state index contributed by atoms with van der Waals surface area (Å²) in [6.07, 6.45) is 3.44. The van der Waals surface area contributed by atoms with Crippen LogP contribution in [-0.2, 0) is 24.2 Å². The van der Waals surface area contributed by atoms with Crippen molar-refractivity contribution in [3.8, 4) is 0 Å². The maximum atomic E-state index is 12.3. The minimum Gasteiger partial charge on any atom is -0.361 e. The van der Waals surface area contributed by atoms with Gasteiger partial charge in [-0.05, 0) is 35.6 Å². The lowest BCUT2D eigenvalue weighted by molar-refractivity contribution is -0.122. The molecule has 0 bridgehead atoms. The standard InChI is InChI=1S/C20H23N3O/c1-2-14-6-5-7-15(10-14)12-23-20(24)18(21)11-16-13-22-19-9-4-3-8-17(16)19/h3-10,13,18,22H,2,11-12,21H2,1H3,(H,23,24). The quantitative estimate of drug-likeness (QED) is 0.653. The summed E-state index contributed by atoms with van der Waals surface area (Å²) in [5.41, 5.74) is 10.6. The Morgan fingerprint density at radius 2 is 1.96 bits per heavy atom. The zero-order chi connectivity index (χ0) is 16.9. The number of hydrogen-bond donors (Lipinski definition) is 3. The van der Waals surface area contributed by atoms with Gasteiger partial charge >= 0.3 is 0 Å². The number of nitrogens with two attached hydrogens (primary N) is 1. The van der Waals surface area contributed by atoms with Crippen LogP contribution in [0, 0.1) is 0 Å². The fourth-order valence-corrected chi connectivity index (χ4v) is 2.91. The lowest BCUT2D eigenvalue weighted by Gasteiger charge is -2.12. The van der Waals surface area contributed by atoms with Crippen molar-refractivity contribution in [2.75, 3.05) is 0 Å². The maximum Gasteiger partial charge on any atom is 0.237 e. The molecule has 3 aromatic rings. The molecule has 0 saturated heterocycles. The smallest absolute Gasteiger partial charge is 0.237 e. The number of H-pyrrole nitrogens is 1. The first-order valence-electron chi connectivity index (χ1n) is 8.33. The second-order valence-electron chi connectivity index (χ2n) is 6.06. The fourth-order valence-electron chi connectivity index (χ4n) is 2.91. The molecule has 0 saturated carbocycles. The SMILES string of the molecule is CCc1cccc(CNC(=O)C(N)Cc2c[nH]c3ccccc23)c1. The number of hydrogen-bond acceptors (Lipinski definition) is 2. The molecule has 1 unspecified atom stereocenters. The van der Waals surface area contributed by atoms with E-state index >= 15 is 0 Å². The number of nitrogens with one attached hydrogen (secondary N) is 2. The van der Waals surface area contributed by atoms with Crippen molar-refractivity contribution >= 4 is 16.8 Å². The van der Waals surface area contributed by atoms with Gasteiger partial charge in [0, 0.05) is 23.6 Å². The lowest BCUT2D eigenvalue weighted by atomic mass is 10.0. The van der Waals surface area contributed by atoms with Crippen LogP contribution < -0.4 is 11.1 Å². The van der Waals surface area contributed by atoms with E-state index in [9.17, 15) is 4.79 Å². The first-order chi connectivity index (χ1) is 11.7. The molecule has 4 heteroatoms. The summed E-state index contributed by atoms with van der Waals surface area (Å²) in [6.45, 7) is 2.63. The van der Waals surface area contributed by atoms with Gasteiger partial charge in [0.25, 0.3) is 0 Å². The number of aryl methyl sites for hydroxylation is 1. The molecule has 0 aliphatic carbocycles. The van der Waals surface area contributed by atoms with E-state index in [1.54, 1.807) is 0 Å². The average molecular weight is 321 g/mol. The Morgan fingerprint density at radius 1 is 1.17 bits per heavy atom. The molecule has 1 aromatic heterocycles. The molecule has 2 aromatic carbocycles. The topological polar surface area (TPSA) is 70.9 Å². The van der Waals surface area contributed by atoms with Crippen LogP contribution in [0.15, 0.2) is 54.7 Å².